The maximum atomic E-state index is 6.09. The molecule has 0 fully saturated rings. The van der Waals surface area contributed by atoms with Crippen LogP contribution in [-0.2, 0) is 0 Å². The highest BCUT2D eigenvalue weighted by atomic mass is 35.5. The van der Waals surface area contributed by atoms with E-state index in [0.29, 0.717) is 11.6 Å². The molecule has 0 radical (unpaired) electrons. The van der Waals surface area contributed by atoms with Gasteiger partial charge < -0.3 is 11.1 Å². The van der Waals surface area contributed by atoms with Gasteiger partial charge in [-0.2, -0.15) is 0 Å². The molecule has 1 aromatic carbocycles. The first kappa shape index (κ1) is 12.7. The number of hydrogen-bond donors (Lipinski definition) is 2. The van der Waals surface area contributed by atoms with E-state index in [0.717, 1.165) is 15.6 Å². The molecule has 0 aliphatic carbocycles. The van der Waals surface area contributed by atoms with Gasteiger partial charge in [0.25, 0.3) is 0 Å². The van der Waals surface area contributed by atoms with E-state index in [2.05, 4.69) is 5.32 Å². The lowest BCUT2D eigenvalue weighted by Gasteiger charge is -2.17. The van der Waals surface area contributed by atoms with Gasteiger partial charge in [-0.05, 0) is 18.2 Å². The molecule has 5 heteroatoms. The molecular weight excluding hydrogens is 275 g/mol. The SMILES string of the molecule is NCC(Nc1ccccc1Cl)c1cc(Cl)cs1. The largest absolute Gasteiger partial charge is 0.375 e. The van der Waals surface area contributed by atoms with Gasteiger partial charge in [-0.1, -0.05) is 35.3 Å². The van der Waals surface area contributed by atoms with Crippen molar-refractivity contribution in [2.24, 2.45) is 5.73 Å². The van der Waals surface area contributed by atoms with E-state index in [-0.39, 0.29) is 6.04 Å². The molecular formula is C12H12Cl2N2S. The summed E-state index contributed by atoms with van der Waals surface area (Å²) in [6, 6.07) is 9.57. The number of thiophene rings is 1. The van der Waals surface area contributed by atoms with Crippen LogP contribution in [0.1, 0.15) is 10.9 Å². The van der Waals surface area contributed by atoms with Crippen LogP contribution in [0.5, 0.6) is 0 Å². The quantitative estimate of drug-likeness (QED) is 0.885. The van der Waals surface area contributed by atoms with E-state index >= 15 is 0 Å². The molecule has 0 bridgehead atoms. The highest BCUT2D eigenvalue weighted by molar-refractivity contribution is 7.10. The highest BCUT2D eigenvalue weighted by Gasteiger charge is 2.12. The van der Waals surface area contributed by atoms with Gasteiger partial charge in [0.1, 0.15) is 0 Å². The van der Waals surface area contributed by atoms with Gasteiger partial charge >= 0.3 is 0 Å². The third-order valence-corrected chi connectivity index (χ3v) is 4.09. The lowest BCUT2D eigenvalue weighted by molar-refractivity contribution is 0.806. The molecule has 1 atom stereocenters. The van der Waals surface area contributed by atoms with E-state index in [1.165, 1.54) is 0 Å². The van der Waals surface area contributed by atoms with E-state index in [1.54, 1.807) is 11.3 Å². The van der Waals surface area contributed by atoms with Crippen LogP contribution in [-0.4, -0.2) is 6.54 Å². The van der Waals surface area contributed by atoms with Crippen LogP contribution in [0.4, 0.5) is 5.69 Å². The number of hydrogen-bond acceptors (Lipinski definition) is 3. The number of para-hydroxylation sites is 1. The van der Waals surface area contributed by atoms with Gasteiger partial charge in [-0.15, -0.1) is 11.3 Å². The highest BCUT2D eigenvalue weighted by Crippen LogP contribution is 2.29. The standard InChI is InChI=1S/C12H12Cl2N2S/c13-8-5-12(17-7-8)11(6-15)16-10-4-2-1-3-9(10)14/h1-5,7,11,16H,6,15H2. The van der Waals surface area contributed by atoms with Crippen molar-refractivity contribution in [3.63, 3.8) is 0 Å². The number of nitrogens with two attached hydrogens (primary N) is 1. The number of benzene rings is 1. The Bertz CT molecular complexity index is 499. The van der Waals surface area contributed by atoms with Crippen LogP contribution < -0.4 is 11.1 Å². The molecule has 0 aliphatic rings. The molecule has 3 N–H and O–H groups in total. The first-order valence-electron chi connectivity index (χ1n) is 5.16. The fourth-order valence-electron chi connectivity index (χ4n) is 1.52. The second kappa shape index (κ2) is 5.74. The third-order valence-electron chi connectivity index (χ3n) is 2.37. The van der Waals surface area contributed by atoms with Crippen molar-refractivity contribution in [2.45, 2.75) is 6.04 Å². The maximum absolute atomic E-state index is 6.09. The summed E-state index contributed by atoms with van der Waals surface area (Å²) >= 11 is 13.6. The van der Waals surface area contributed by atoms with E-state index in [4.69, 9.17) is 28.9 Å². The van der Waals surface area contributed by atoms with E-state index in [9.17, 15) is 0 Å². The zero-order valence-corrected chi connectivity index (χ0v) is 11.3. The minimum absolute atomic E-state index is 0.0346. The Hall–Kier alpha value is -0.740. The molecule has 0 spiro atoms. The summed E-state index contributed by atoms with van der Waals surface area (Å²) in [5.74, 6) is 0. The van der Waals surface area contributed by atoms with Crippen molar-refractivity contribution in [1.82, 2.24) is 0 Å². The fourth-order valence-corrected chi connectivity index (χ4v) is 2.86. The topological polar surface area (TPSA) is 38.0 Å². The van der Waals surface area contributed by atoms with Crippen LogP contribution in [0, 0.1) is 0 Å². The van der Waals surface area contributed by atoms with Crippen molar-refractivity contribution in [1.29, 1.82) is 0 Å². The third kappa shape index (κ3) is 3.13. The molecule has 2 aromatic rings. The molecule has 0 amide bonds. The minimum Gasteiger partial charge on any atom is -0.375 e. The molecule has 0 aliphatic heterocycles. The first-order chi connectivity index (χ1) is 8.20. The average Bonchev–Trinajstić information content (AvgIpc) is 2.75. The Kier molecular flexibility index (Phi) is 4.29. The van der Waals surface area contributed by atoms with E-state index < -0.39 is 0 Å². The molecule has 2 nitrogen and oxygen atoms in total. The lowest BCUT2D eigenvalue weighted by Crippen LogP contribution is -2.19. The van der Waals surface area contributed by atoms with Gasteiger partial charge in [0.2, 0.25) is 0 Å². The Labute approximate surface area is 114 Å². The zero-order valence-electron chi connectivity index (χ0n) is 8.99. The maximum Gasteiger partial charge on any atom is 0.0729 e. The normalized spacial score (nSPS) is 12.4. The predicted molar refractivity (Wildman–Crippen MR) is 76.2 cm³/mol. The second-order valence-corrected chi connectivity index (χ2v) is 5.37. The Morgan fingerprint density at radius 1 is 1.29 bits per heavy atom. The molecule has 0 saturated heterocycles. The summed E-state index contributed by atoms with van der Waals surface area (Å²) in [7, 11) is 0. The Morgan fingerprint density at radius 2 is 2.06 bits per heavy atom. The smallest absolute Gasteiger partial charge is 0.0729 e. The van der Waals surface area contributed by atoms with Crippen molar-refractivity contribution in [3.8, 4) is 0 Å². The summed E-state index contributed by atoms with van der Waals surface area (Å²) in [4.78, 5) is 1.11. The van der Waals surface area contributed by atoms with Crippen molar-refractivity contribution < 1.29 is 0 Å². The summed E-state index contributed by atoms with van der Waals surface area (Å²) in [6.45, 7) is 0.488. The minimum atomic E-state index is 0.0346. The molecule has 1 unspecified atom stereocenters. The van der Waals surface area contributed by atoms with Gasteiger partial charge in [0.05, 0.1) is 21.8 Å². The molecule has 1 heterocycles. The number of nitrogens with one attached hydrogen (secondary N) is 1. The number of anilines is 1. The van der Waals surface area contributed by atoms with Crippen LogP contribution in [0.25, 0.3) is 0 Å². The van der Waals surface area contributed by atoms with Crippen molar-refractivity contribution >= 4 is 40.2 Å². The zero-order chi connectivity index (χ0) is 12.3. The number of halogens is 2. The van der Waals surface area contributed by atoms with Crippen LogP contribution in [0.2, 0.25) is 10.0 Å². The lowest BCUT2D eigenvalue weighted by atomic mass is 10.2. The number of rotatable bonds is 4. The Balaban J connectivity index is 2.18. The molecule has 2 rings (SSSR count). The summed E-state index contributed by atoms with van der Waals surface area (Å²) in [5.41, 5.74) is 6.65. The van der Waals surface area contributed by atoms with Crippen molar-refractivity contribution in [3.05, 3.63) is 50.6 Å². The summed E-state index contributed by atoms with van der Waals surface area (Å²) in [5, 5.41) is 6.65. The van der Waals surface area contributed by atoms with Crippen LogP contribution in [0.15, 0.2) is 35.7 Å². The average molecular weight is 287 g/mol. The van der Waals surface area contributed by atoms with Crippen molar-refractivity contribution in [2.75, 3.05) is 11.9 Å². The van der Waals surface area contributed by atoms with Gasteiger partial charge in [0, 0.05) is 16.8 Å². The van der Waals surface area contributed by atoms with E-state index in [1.807, 2.05) is 35.7 Å². The van der Waals surface area contributed by atoms with Gasteiger partial charge in [0.15, 0.2) is 0 Å². The molecule has 90 valence electrons. The first-order valence-corrected chi connectivity index (χ1v) is 6.79. The summed E-state index contributed by atoms with van der Waals surface area (Å²) < 4.78 is 0. The van der Waals surface area contributed by atoms with Crippen LogP contribution >= 0.6 is 34.5 Å². The van der Waals surface area contributed by atoms with Gasteiger partial charge in [-0.3, -0.25) is 0 Å². The molecule has 0 saturated carbocycles. The van der Waals surface area contributed by atoms with Crippen LogP contribution in [0.3, 0.4) is 0 Å². The predicted octanol–water partition coefficient (Wildman–Crippen LogP) is 4.17. The molecule has 17 heavy (non-hydrogen) atoms. The fraction of sp³-hybridized carbons (Fsp3) is 0.167. The van der Waals surface area contributed by atoms with Gasteiger partial charge in [-0.25, -0.2) is 0 Å². The second-order valence-electron chi connectivity index (χ2n) is 3.58. The Morgan fingerprint density at radius 3 is 2.65 bits per heavy atom. The molecule has 1 aromatic heterocycles. The monoisotopic (exact) mass is 286 g/mol. The summed E-state index contributed by atoms with van der Waals surface area (Å²) in [6.07, 6.45) is 0.